The van der Waals surface area contributed by atoms with Crippen LogP contribution in [0.15, 0.2) is 59.1 Å². The zero-order valence-corrected chi connectivity index (χ0v) is 16.8. The molecule has 1 N–H and O–H groups in total. The molecule has 0 spiro atoms. The number of likely N-dealkylation sites (tertiary alicyclic amines) is 1. The lowest BCUT2D eigenvalue weighted by molar-refractivity contribution is 0.142. The molecule has 2 amide bonds. The molecule has 1 aliphatic rings. The highest BCUT2D eigenvalue weighted by Crippen LogP contribution is 2.31. The number of amides is 2. The first kappa shape index (κ1) is 19.2. The van der Waals surface area contributed by atoms with Gasteiger partial charge in [-0.15, -0.1) is 0 Å². The van der Waals surface area contributed by atoms with Crippen LogP contribution in [0.2, 0.25) is 0 Å². The molecule has 1 fully saturated rings. The number of nitrogens with one attached hydrogen (secondary N) is 1. The fourth-order valence-electron chi connectivity index (χ4n) is 3.65. The van der Waals surface area contributed by atoms with E-state index >= 15 is 0 Å². The smallest absolute Gasteiger partial charge is 0.322 e. The van der Waals surface area contributed by atoms with Gasteiger partial charge in [0.25, 0.3) is 0 Å². The Morgan fingerprint density at radius 3 is 2.59 bits per heavy atom. The third-order valence-corrected chi connectivity index (χ3v) is 5.35. The molecule has 1 aliphatic heterocycles. The van der Waals surface area contributed by atoms with E-state index in [9.17, 15) is 4.79 Å². The van der Waals surface area contributed by atoms with Crippen LogP contribution in [0, 0.1) is 0 Å². The van der Waals surface area contributed by atoms with Gasteiger partial charge in [0.2, 0.25) is 11.7 Å². The van der Waals surface area contributed by atoms with Crippen molar-refractivity contribution in [1.29, 1.82) is 0 Å². The number of carbonyl (C=O) groups is 1. The molecule has 1 aromatic heterocycles. The first-order chi connectivity index (χ1) is 14.1. The van der Waals surface area contributed by atoms with E-state index in [2.05, 4.69) is 41.4 Å². The summed E-state index contributed by atoms with van der Waals surface area (Å²) in [4.78, 5) is 19.4. The number of nitrogens with zero attached hydrogens (tertiary/aromatic N) is 3. The lowest BCUT2D eigenvalue weighted by Gasteiger charge is -2.33. The maximum atomic E-state index is 13.0. The molecule has 1 unspecified atom stereocenters. The predicted octanol–water partition coefficient (Wildman–Crippen LogP) is 5.62. The Morgan fingerprint density at radius 2 is 1.86 bits per heavy atom. The lowest BCUT2D eigenvalue weighted by Crippen LogP contribution is -2.41. The second kappa shape index (κ2) is 8.47. The summed E-state index contributed by atoms with van der Waals surface area (Å²) in [5.41, 5.74) is 2.94. The fraction of sp³-hybridized carbons (Fsp3) is 0.348. The SMILES string of the molecule is CC(C)c1ccc(NC(=O)N2CCCCC2c2nc(-c3ccccc3)no2)cc1. The van der Waals surface area contributed by atoms with Crippen LogP contribution in [0.5, 0.6) is 0 Å². The second-order valence-corrected chi connectivity index (χ2v) is 7.73. The summed E-state index contributed by atoms with van der Waals surface area (Å²) in [7, 11) is 0. The van der Waals surface area contributed by atoms with E-state index in [1.165, 1.54) is 5.56 Å². The van der Waals surface area contributed by atoms with Crippen molar-refractivity contribution in [2.24, 2.45) is 0 Å². The molecule has 1 atom stereocenters. The summed E-state index contributed by atoms with van der Waals surface area (Å²) in [6, 6.07) is 17.4. The van der Waals surface area contributed by atoms with E-state index in [1.807, 2.05) is 47.4 Å². The number of benzene rings is 2. The molecule has 2 heterocycles. The molecule has 150 valence electrons. The van der Waals surface area contributed by atoms with Gasteiger partial charge in [-0.3, -0.25) is 0 Å². The maximum Gasteiger partial charge on any atom is 0.322 e. The van der Waals surface area contributed by atoms with Gasteiger partial charge in [-0.05, 0) is 42.9 Å². The highest BCUT2D eigenvalue weighted by molar-refractivity contribution is 5.89. The van der Waals surface area contributed by atoms with E-state index in [1.54, 1.807) is 0 Å². The number of anilines is 1. The molecule has 29 heavy (non-hydrogen) atoms. The fourth-order valence-corrected chi connectivity index (χ4v) is 3.65. The van der Waals surface area contributed by atoms with Crippen LogP contribution in [-0.2, 0) is 0 Å². The number of urea groups is 1. The van der Waals surface area contributed by atoms with Crippen molar-refractivity contribution in [2.75, 3.05) is 11.9 Å². The summed E-state index contributed by atoms with van der Waals surface area (Å²) in [6.07, 6.45) is 2.81. The third kappa shape index (κ3) is 4.31. The minimum atomic E-state index is -0.205. The minimum absolute atomic E-state index is 0.133. The molecule has 4 rings (SSSR count). The van der Waals surface area contributed by atoms with Gasteiger partial charge in [0, 0.05) is 17.8 Å². The largest absolute Gasteiger partial charge is 0.337 e. The quantitative estimate of drug-likeness (QED) is 0.628. The highest BCUT2D eigenvalue weighted by Gasteiger charge is 2.32. The summed E-state index contributed by atoms with van der Waals surface area (Å²) in [5, 5.41) is 7.13. The van der Waals surface area contributed by atoms with Gasteiger partial charge >= 0.3 is 6.03 Å². The highest BCUT2D eigenvalue weighted by atomic mass is 16.5. The first-order valence-electron chi connectivity index (χ1n) is 10.2. The predicted molar refractivity (Wildman–Crippen MR) is 113 cm³/mol. The van der Waals surface area contributed by atoms with Gasteiger partial charge in [-0.2, -0.15) is 4.98 Å². The summed E-state index contributed by atoms with van der Waals surface area (Å²) < 4.78 is 5.55. The van der Waals surface area contributed by atoms with E-state index in [-0.39, 0.29) is 12.1 Å². The van der Waals surface area contributed by atoms with Crippen LogP contribution in [0.25, 0.3) is 11.4 Å². The lowest BCUT2D eigenvalue weighted by atomic mass is 10.0. The standard InChI is InChI=1S/C23H26N4O2/c1-16(2)17-11-13-19(14-12-17)24-23(28)27-15-7-6-10-20(27)22-25-21(26-29-22)18-8-4-3-5-9-18/h3-5,8-9,11-14,16,20H,6-7,10,15H2,1-2H3,(H,24,28). The number of hydrogen-bond donors (Lipinski definition) is 1. The van der Waals surface area contributed by atoms with Crippen molar-refractivity contribution >= 4 is 11.7 Å². The number of carbonyl (C=O) groups excluding carboxylic acids is 1. The molecule has 6 heteroatoms. The zero-order valence-electron chi connectivity index (χ0n) is 16.8. The number of rotatable bonds is 4. The first-order valence-corrected chi connectivity index (χ1v) is 10.2. The molecule has 2 aromatic carbocycles. The topological polar surface area (TPSA) is 71.3 Å². The Balaban J connectivity index is 1.50. The van der Waals surface area contributed by atoms with Crippen LogP contribution >= 0.6 is 0 Å². The van der Waals surface area contributed by atoms with Crippen molar-refractivity contribution in [3.8, 4) is 11.4 Å². The van der Waals surface area contributed by atoms with Crippen LogP contribution < -0.4 is 5.32 Å². The Morgan fingerprint density at radius 1 is 1.10 bits per heavy atom. The van der Waals surface area contributed by atoms with Gasteiger partial charge in [0.05, 0.1) is 0 Å². The molecule has 1 saturated heterocycles. The van der Waals surface area contributed by atoms with Gasteiger partial charge < -0.3 is 14.7 Å². The Labute approximate surface area is 170 Å². The summed E-state index contributed by atoms with van der Waals surface area (Å²) >= 11 is 0. The van der Waals surface area contributed by atoms with Crippen molar-refractivity contribution in [1.82, 2.24) is 15.0 Å². The van der Waals surface area contributed by atoms with E-state index in [4.69, 9.17) is 4.52 Å². The van der Waals surface area contributed by atoms with Crippen LogP contribution in [-0.4, -0.2) is 27.6 Å². The molecule has 0 saturated carbocycles. The normalized spacial score (nSPS) is 16.8. The minimum Gasteiger partial charge on any atom is -0.337 e. The summed E-state index contributed by atoms with van der Waals surface area (Å²) in [5.74, 6) is 1.51. The number of aromatic nitrogens is 2. The Kier molecular flexibility index (Phi) is 5.60. The van der Waals surface area contributed by atoms with Crippen molar-refractivity contribution in [2.45, 2.75) is 45.1 Å². The van der Waals surface area contributed by atoms with Crippen molar-refractivity contribution in [3.05, 3.63) is 66.1 Å². The Hall–Kier alpha value is -3.15. The molecule has 3 aromatic rings. The van der Waals surface area contributed by atoms with Gasteiger partial charge in [-0.1, -0.05) is 61.5 Å². The zero-order chi connectivity index (χ0) is 20.2. The van der Waals surface area contributed by atoms with E-state index in [0.717, 1.165) is 30.5 Å². The number of hydrogen-bond acceptors (Lipinski definition) is 4. The van der Waals surface area contributed by atoms with Crippen LogP contribution in [0.4, 0.5) is 10.5 Å². The monoisotopic (exact) mass is 390 g/mol. The van der Waals surface area contributed by atoms with Gasteiger partial charge in [0.1, 0.15) is 6.04 Å². The molecule has 0 bridgehead atoms. The summed E-state index contributed by atoms with van der Waals surface area (Å²) in [6.45, 7) is 4.98. The average molecular weight is 390 g/mol. The molecule has 0 aliphatic carbocycles. The maximum absolute atomic E-state index is 13.0. The van der Waals surface area contributed by atoms with E-state index in [0.29, 0.717) is 24.2 Å². The molecular weight excluding hydrogens is 364 g/mol. The Bertz CT molecular complexity index is 951. The van der Waals surface area contributed by atoms with Gasteiger partial charge in [0.15, 0.2) is 0 Å². The number of piperidine rings is 1. The molecule has 6 nitrogen and oxygen atoms in total. The van der Waals surface area contributed by atoms with Crippen LogP contribution in [0.3, 0.4) is 0 Å². The van der Waals surface area contributed by atoms with E-state index < -0.39 is 0 Å². The second-order valence-electron chi connectivity index (χ2n) is 7.73. The van der Waals surface area contributed by atoms with Crippen LogP contribution in [0.1, 0.15) is 56.5 Å². The van der Waals surface area contributed by atoms with Gasteiger partial charge in [-0.25, -0.2) is 4.79 Å². The molecule has 0 radical (unpaired) electrons. The average Bonchev–Trinajstić information content (AvgIpc) is 3.25. The third-order valence-electron chi connectivity index (χ3n) is 5.35. The molecular formula is C23H26N4O2. The van der Waals surface area contributed by atoms with Crippen molar-refractivity contribution < 1.29 is 9.32 Å². The van der Waals surface area contributed by atoms with Crippen molar-refractivity contribution in [3.63, 3.8) is 0 Å².